The smallest absolute Gasteiger partial charge is 0.253 e. The van der Waals surface area contributed by atoms with Gasteiger partial charge in [0.05, 0.1) is 11.1 Å². The van der Waals surface area contributed by atoms with Gasteiger partial charge in [0.15, 0.2) is 11.6 Å². The summed E-state index contributed by atoms with van der Waals surface area (Å²) in [6.07, 6.45) is 2.43. The van der Waals surface area contributed by atoms with E-state index >= 15 is 0 Å². The molecule has 7 heteroatoms. The van der Waals surface area contributed by atoms with Crippen LogP contribution in [0.2, 0.25) is 0 Å². The maximum Gasteiger partial charge on any atom is 0.253 e. The highest BCUT2D eigenvalue weighted by molar-refractivity contribution is 6.09. The van der Waals surface area contributed by atoms with Crippen molar-refractivity contribution in [1.29, 1.82) is 0 Å². The Bertz CT molecular complexity index is 1130. The third kappa shape index (κ3) is 3.44. The SMILES string of the molecule is CNC(=O)C(NC(=O)c1c2c(nc3ccccc13)CCC2)c1ccc(F)c(F)c1. The Balaban J connectivity index is 1.77. The first-order valence-electron chi connectivity index (χ1n) is 9.37. The summed E-state index contributed by atoms with van der Waals surface area (Å²) in [4.78, 5) is 30.4. The lowest BCUT2D eigenvalue weighted by atomic mass is 9.99. The highest BCUT2D eigenvalue weighted by Crippen LogP contribution is 2.30. The number of nitrogens with zero attached hydrogens (tertiary/aromatic N) is 1. The van der Waals surface area contributed by atoms with Crippen LogP contribution in [0, 0.1) is 11.6 Å². The average Bonchev–Trinajstić information content (AvgIpc) is 3.19. The summed E-state index contributed by atoms with van der Waals surface area (Å²) in [5, 5.41) is 5.86. The Hall–Kier alpha value is -3.35. The predicted molar refractivity (Wildman–Crippen MR) is 104 cm³/mol. The second-order valence-corrected chi connectivity index (χ2v) is 6.98. The quantitative estimate of drug-likeness (QED) is 0.713. The summed E-state index contributed by atoms with van der Waals surface area (Å²) < 4.78 is 27.1. The van der Waals surface area contributed by atoms with E-state index in [1.165, 1.54) is 13.1 Å². The number of amides is 2. The number of hydrogen-bond acceptors (Lipinski definition) is 3. The fourth-order valence-corrected chi connectivity index (χ4v) is 3.81. The number of halogens is 2. The highest BCUT2D eigenvalue weighted by Gasteiger charge is 2.28. The van der Waals surface area contributed by atoms with Gasteiger partial charge in [0.1, 0.15) is 6.04 Å². The molecule has 0 aliphatic heterocycles. The summed E-state index contributed by atoms with van der Waals surface area (Å²) in [6, 6.07) is 9.33. The van der Waals surface area contributed by atoms with E-state index in [0.29, 0.717) is 16.5 Å². The first-order valence-corrected chi connectivity index (χ1v) is 9.37. The van der Waals surface area contributed by atoms with Crippen molar-refractivity contribution in [2.45, 2.75) is 25.3 Å². The molecule has 1 aromatic heterocycles. The largest absolute Gasteiger partial charge is 0.357 e. The number of hydrogen-bond donors (Lipinski definition) is 2. The van der Waals surface area contributed by atoms with Gasteiger partial charge in [-0.15, -0.1) is 0 Å². The average molecular weight is 395 g/mol. The summed E-state index contributed by atoms with van der Waals surface area (Å²) in [5.41, 5.74) is 3.12. The lowest BCUT2D eigenvalue weighted by molar-refractivity contribution is -0.122. The van der Waals surface area contributed by atoms with Gasteiger partial charge in [-0.25, -0.2) is 8.78 Å². The highest BCUT2D eigenvalue weighted by atomic mass is 19.2. The summed E-state index contributed by atoms with van der Waals surface area (Å²) in [6.45, 7) is 0. The first-order chi connectivity index (χ1) is 14.0. The normalized spacial score (nSPS) is 13.8. The maximum atomic E-state index is 13.7. The minimum Gasteiger partial charge on any atom is -0.357 e. The van der Waals surface area contributed by atoms with Crippen LogP contribution in [-0.2, 0) is 17.6 Å². The van der Waals surface area contributed by atoms with Crippen LogP contribution in [0.5, 0.6) is 0 Å². The van der Waals surface area contributed by atoms with Crippen LogP contribution in [0.1, 0.15) is 39.6 Å². The Morgan fingerprint density at radius 1 is 1.07 bits per heavy atom. The van der Waals surface area contributed by atoms with E-state index < -0.39 is 29.5 Å². The Kier molecular flexibility index (Phi) is 4.96. The van der Waals surface area contributed by atoms with Crippen LogP contribution in [0.3, 0.4) is 0 Å². The Morgan fingerprint density at radius 3 is 2.62 bits per heavy atom. The molecule has 2 aromatic carbocycles. The molecule has 3 aromatic rings. The number of carbonyl (C=O) groups is 2. The molecule has 0 bridgehead atoms. The molecule has 148 valence electrons. The summed E-state index contributed by atoms with van der Waals surface area (Å²) >= 11 is 0. The molecule has 0 saturated carbocycles. The van der Waals surface area contributed by atoms with Crippen LogP contribution in [0.25, 0.3) is 10.9 Å². The van der Waals surface area contributed by atoms with Crippen molar-refractivity contribution in [2.75, 3.05) is 7.05 Å². The third-order valence-corrected chi connectivity index (χ3v) is 5.21. The number of nitrogens with one attached hydrogen (secondary N) is 2. The van der Waals surface area contributed by atoms with Crippen molar-refractivity contribution < 1.29 is 18.4 Å². The monoisotopic (exact) mass is 395 g/mol. The van der Waals surface area contributed by atoms with Crippen LogP contribution >= 0.6 is 0 Å². The number of pyridine rings is 1. The number of aryl methyl sites for hydroxylation is 1. The van der Waals surface area contributed by atoms with Crippen LogP contribution in [0.4, 0.5) is 8.78 Å². The number of fused-ring (bicyclic) bond motifs is 2. The van der Waals surface area contributed by atoms with Crippen molar-refractivity contribution in [3.63, 3.8) is 0 Å². The molecular formula is C22H19F2N3O2. The molecule has 0 radical (unpaired) electrons. The molecule has 0 spiro atoms. The van der Waals surface area contributed by atoms with Crippen molar-refractivity contribution in [3.05, 3.63) is 76.5 Å². The van der Waals surface area contributed by atoms with E-state index in [0.717, 1.165) is 42.7 Å². The number of likely N-dealkylation sites (N-methyl/N-ethyl adjacent to an activating group) is 1. The second kappa shape index (κ2) is 7.58. The van der Waals surface area contributed by atoms with Crippen LogP contribution < -0.4 is 10.6 Å². The van der Waals surface area contributed by atoms with Gasteiger partial charge >= 0.3 is 0 Å². The molecule has 5 nitrogen and oxygen atoms in total. The molecule has 0 saturated heterocycles. The zero-order valence-electron chi connectivity index (χ0n) is 15.8. The van der Waals surface area contributed by atoms with Gasteiger partial charge in [-0.3, -0.25) is 14.6 Å². The predicted octanol–water partition coefficient (Wildman–Crippen LogP) is 3.22. The molecule has 1 aliphatic rings. The molecule has 0 fully saturated rings. The second-order valence-electron chi connectivity index (χ2n) is 6.98. The number of benzene rings is 2. The molecule has 29 heavy (non-hydrogen) atoms. The van der Waals surface area contributed by atoms with E-state index in [4.69, 9.17) is 0 Å². The van der Waals surface area contributed by atoms with E-state index in [9.17, 15) is 18.4 Å². The standard InChI is InChI=1S/C22H19F2N3O2/c1-25-22(29)20(12-9-10-15(23)16(24)11-12)27-21(28)19-13-5-2-3-7-17(13)26-18-8-4-6-14(18)19/h2-3,5,7,9-11,20H,4,6,8H2,1H3,(H,25,29)(H,27,28). The van der Waals surface area contributed by atoms with E-state index in [2.05, 4.69) is 15.6 Å². The van der Waals surface area contributed by atoms with Crippen molar-refractivity contribution >= 4 is 22.7 Å². The van der Waals surface area contributed by atoms with Gasteiger partial charge in [-0.2, -0.15) is 0 Å². The number of carbonyl (C=O) groups excluding carboxylic acids is 2. The van der Waals surface area contributed by atoms with Gasteiger partial charge < -0.3 is 10.6 Å². The summed E-state index contributed by atoms with van der Waals surface area (Å²) in [5.74, 6) is -3.07. The third-order valence-electron chi connectivity index (χ3n) is 5.21. The number of para-hydroxylation sites is 1. The van der Waals surface area contributed by atoms with E-state index in [1.807, 2.05) is 24.3 Å². The minimum atomic E-state index is -1.16. The number of rotatable bonds is 4. The summed E-state index contributed by atoms with van der Waals surface area (Å²) in [7, 11) is 1.42. The lowest BCUT2D eigenvalue weighted by Gasteiger charge is -2.20. The first kappa shape index (κ1) is 19.0. The molecule has 2 N–H and O–H groups in total. The zero-order valence-corrected chi connectivity index (χ0v) is 15.8. The van der Waals surface area contributed by atoms with Gasteiger partial charge in [0.25, 0.3) is 5.91 Å². The van der Waals surface area contributed by atoms with Crippen molar-refractivity contribution in [3.8, 4) is 0 Å². The van der Waals surface area contributed by atoms with Crippen molar-refractivity contribution in [1.82, 2.24) is 15.6 Å². The molecule has 1 aliphatic carbocycles. The lowest BCUT2D eigenvalue weighted by Crippen LogP contribution is -2.39. The molecule has 1 unspecified atom stereocenters. The van der Waals surface area contributed by atoms with Gasteiger partial charge in [0.2, 0.25) is 5.91 Å². The molecule has 2 amide bonds. The van der Waals surface area contributed by atoms with Gasteiger partial charge in [-0.05, 0) is 48.6 Å². The fourth-order valence-electron chi connectivity index (χ4n) is 3.81. The molecule has 4 rings (SSSR count). The Morgan fingerprint density at radius 2 is 1.86 bits per heavy atom. The fraction of sp³-hybridized carbons (Fsp3) is 0.227. The zero-order chi connectivity index (χ0) is 20.5. The maximum absolute atomic E-state index is 13.7. The van der Waals surface area contributed by atoms with E-state index in [-0.39, 0.29) is 5.56 Å². The number of aromatic nitrogens is 1. The molecule has 1 heterocycles. The minimum absolute atomic E-state index is 0.159. The van der Waals surface area contributed by atoms with Crippen LogP contribution in [0.15, 0.2) is 42.5 Å². The van der Waals surface area contributed by atoms with Crippen molar-refractivity contribution in [2.24, 2.45) is 0 Å². The van der Waals surface area contributed by atoms with Gasteiger partial charge in [0, 0.05) is 18.1 Å². The van der Waals surface area contributed by atoms with E-state index in [1.54, 1.807) is 0 Å². The van der Waals surface area contributed by atoms with Crippen LogP contribution in [-0.4, -0.2) is 23.8 Å². The molecule has 1 atom stereocenters. The topological polar surface area (TPSA) is 71.1 Å². The van der Waals surface area contributed by atoms with Gasteiger partial charge in [-0.1, -0.05) is 24.3 Å². The Labute approximate surface area is 166 Å². The molecular weight excluding hydrogens is 376 g/mol.